The summed E-state index contributed by atoms with van der Waals surface area (Å²) >= 11 is 1.46. The molecule has 1 unspecified atom stereocenters. The minimum absolute atomic E-state index is 0.260. The highest BCUT2D eigenvalue weighted by Crippen LogP contribution is 2.31. The van der Waals surface area contributed by atoms with E-state index in [2.05, 4.69) is 26.0 Å². The first kappa shape index (κ1) is 11.8. The molecule has 3 heterocycles. The molecule has 3 N–H and O–H groups in total. The first-order chi connectivity index (χ1) is 9.29. The number of nitrogens with two attached hydrogens (primary N) is 1. The van der Waals surface area contributed by atoms with E-state index >= 15 is 0 Å². The van der Waals surface area contributed by atoms with Crippen LogP contribution in [-0.4, -0.2) is 19.9 Å². The Labute approximate surface area is 113 Å². The highest BCUT2D eigenvalue weighted by molar-refractivity contribution is 7.15. The Hall–Kier alpha value is -2.30. The Morgan fingerprint density at radius 3 is 3.16 bits per heavy atom. The van der Waals surface area contributed by atoms with Crippen molar-refractivity contribution in [2.75, 3.05) is 0 Å². The van der Waals surface area contributed by atoms with Gasteiger partial charge in [0.15, 0.2) is 0 Å². The van der Waals surface area contributed by atoms with Gasteiger partial charge in [-0.15, -0.1) is 11.3 Å². The number of H-pyrrole nitrogens is 1. The van der Waals surface area contributed by atoms with Crippen LogP contribution in [0.3, 0.4) is 0 Å². The number of rotatable bonds is 3. The second kappa shape index (κ2) is 4.76. The number of fused-ring (bicyclic) bond motifs is 1. The van der Waals surface area contributed by atoms with E-state index in [1.165, 1.54) is 17.7 Å². The molecule has 0 aliphatic heterocycles. The summed E-state index contributed by atoms with van der Waals surface area (Å²) in [6.45, 7) is 0. The number of thiazole rings is 1. The van der Waals surface area contributed by atoms with Gasteiger partial charge in [-0.2, -0.15) is 5.26 Å². The van der Waals surface area contributed by atoms with Crippen molar-refractivity contribution in [3.63, 3.8) is 0 Å². The lowest BCUT2D eigenvalue weighted by atomic mass is 10.2. The van der Waals surface area contributed by atoms with Crippen molar-refractivity contribution >= 4 is 22.4 Å². The van der Waals surface area contributed by atoms with Crippen LogP contribution in [0.25, 0.3) is 21.6 Å². The Morgan fingerprint density at radius 1 is 1.42 bits per heavy atom. The van der Waals surface area contributed by atoms with Crippen LogP contribution >= 0.6 is 11.3 Å². The third-order valence-electron chi connectivity index (χ3n) is 2.74. The fraction of sp³-hybridized carbons (Fsp3) is 0.167. The highest BCUT2D eigenvalue weighted by atomic mass is 32.1. The van der Waals surface area contributed by atoms with Crippen molar-refractivity contribution in [2.45, 2.75) is 12.5 Å². The molecule has 3 aromatic rings. The summed E-state index contributed by atoms with van der Waals surface area (Å²) < 4.78 is 0. The van der Waals surface area contributed by atoms with Crippen LogP contribution in [0.4, 0.5) is 0 Å². The number of hydrogen-bond donors (Lipinski definition) is 2. The lowest BCUT2D eigenvalue weighted by Gasteiger charge is -2.01. The van der Waals surface area contributed by atoms with Gasteiger partial charge in [-0.3, -0.25) is 0 Å². The number of hydrogen-bond acceptors (Lipinski definition) is 6. The zero-order valence-electron chi connectivity index (χ0n) is 9.87. The number of aromatic nitrogens is 4. The molecule has 0 saturated carbocycles. The summed E-state index contributed by atoms with van der Waals surface area (Å²) in [4.78, 5) is 16.7. The fourth-order valence-corrected chi connectivity index (χ4v) is 2.75. The van der Waals surface area contributed by atoms with Gasteiger partial charge >= 0.3 is 0 Å². The summed E-state index contributed by atoms with van der Waals surface area (Å²) in [5.74, 6) is 0. The third kappa shape index (κ3) is 2.07. The van der Waals surface area contributed by atoms with Gasteiger partial charge in [-0.1, -0.05) is 0 Å². The average Bonchev–Trinajstić information content (AvgIpc) is 3.07. The van der Waals surface area contributed by atoms with Crippen LogP contribution < -0.4 is 5.73 Å². The Balaban J connectivity index is 2.03. The van der Waals surface area contributed by atoms with Gasteiger partial charge in [-0.05, 0) is 6.07 Å². The Morgan fingerprint density at radius 2 is 2.32 bits per heavy atom. The zero-order chi connectivity index (χ0) is 13.2. The highest BCUT2D eigenvalue weighted by Gasteiger charge is 2.14. The number of aromatic amines is 1. The average molecular weight is 270 g/mol. The van der Waals surface area contributed by atoms with E-state index in [9.17, 15) is 0 Å². The maximum atomic E-state index is 8.66. The maximum absolute atomic E-state index is 8.66. The van der Waals surface area contributed by atoms with Crippen molar-refractivity contribution in [3.8, 4) is 16.6 Å². The quantitative estimate of drug-likeness (QED) is 0.757. The van der Waals surface area contributed by atoms with Gasteiger partial charge in [0.25, 0.3) is 0 Å². The van der Waals surface area contributed by atoms with Crippen LogP contribution in [0.15, 0.2) is 24.8 Å². The van der Waals surface area contributed by atoms with E-state index in [1.54, 1.807) is 6.20 Å². The predicted octanol–water partition coefficient (Wildman–Crippen LogP) is 1.99. The van der Waals surface area contributed by atoms with Gasteiger partial charge in [0, 0.05) is 17.8 Å². The molecule has 0 amide bonds. The van der Waals surface area contributed by atoms with E-state index < -0.39 is 0 Å². The second-order valence-electron chi connectivity index (χ2n) is 3.99. The molecule has 19 heavy (non-hydrogen) atoms. The van der Waals surface area contributed by atoms with Gasteiger partial charge in [0.05, 0.1) is 29.1 Å². The van der Waals surface area contributed by atoms with Crippen molar-refractivity contribution in [1.82, 2.24) is 19.9 Å². The van der Waals surface area contributed by atoms with E-state index in [1.807, 2.05) is 12.3 Å². The normalized spacial score (nSPS) is 12.4. The van der Waals surface area contributed by atoms with Gasteiger partial charge in [0.1, 0.15) is 17.0 Å². The smallest absolute Gasteiger partial charge is 0.141 e. The van der Waals surface area contributed by atoms with Crippen LogP contribution in [0.1, 0.15) is 17.5 Å². The topological polar surface area (TPSA) is 104 Å². The lowest BCUT2D eigenvalue weighted by Crippen LogP contribution is -2.08. The maximum Gasteiger partial charge on any atom is 0.141 e. The molecular formula is C12H10N6S. The number of nitriles is 1. The van der Waals surface area contributed by atoms with Crippen LogP contribution in [0, 0.1) is 11.3 Å². The molecule has 0 aliphatic rings. The second-order valence-corrected chi connectivity index (χ2v) is 5.06. The number of nitrogens with one attached hydrogen (secondary N) is 1. The van der Waals surface area contributed by atoms with Crippen molar-refractivity contribution in [1.29, 1.82) is 5.26 Å². The SMILES string of the molecule is N#CCC(N)c1ncc(-c2ncnc3[nH]ccc23)s1. The van der Waals surface area contributed by atoms with Crippen molar-refractivity contribution in [2.24, 2.45) is 5.73 Å². The van der Waals surface area contributed by atoms with E-state index in [4.69, 9.17) is 11.0 Å². The molecule has 3 rings (SSSR count). The Bertz CT molecular complexity index is 753. The standard InChI is InChI=1S/C12H10N6S/c13-3-1-8(14)12-16-5-9(19-12)10-7-2-4-15-11(7)18-6-17-10/h2,4-6,8H,1,14H2,(H,15,17,18). The molecular weight excluding hydrogens is 260 g/mol. The summed E-state index contributed by atoms with van der Waals surface area (Å²) in [7, 11) is 0. The molecule has 0 bridgehead atoms. The molecule has 0 aliphatic carbocycles. The Kier molecular flexibility index (Phi) is 2.95. The third-order valence-corrected chi connectivity index (χ3v) is 3.88. The van der Waals surface area contributed by atoms with Gasteiger partial charge < -0.3 is 10.7 Å². The molecule has 0 fully saturated rings. The minimum atomic E-state index is -0.340. The molecule has 0 spiro atoms. The van der Waals surface area contributed by atoms with Gasteiger partial charge in [0.2, 0.25) is 0 Å². The monoisotopic (exact) mass is 270 g/mol. The van der Waals surface area contributed by atoms with Gasteiger partial charge in [-0.25, -0.2) is 15.0 Å². The number of nitrogens with zero attached hydrogens (tertiary/aromatic N) is 4. The molecule has 0 saturated heterocycles. The first-order valence-electron chi connectivity index (χ1n) is 5.66. The molecule has 3 aromatic heterocycles. The molecule has 7 heteroatoms. The summed E-state index contributed by atoms with van der Waals surface area (Å²) in [6, 6.07) is 3.64. The van der Waals surface area contributed by atoms with Crippen molar-refractivity contribution < 1.29 is 0 Å². The molecule has 1 atom stereocenters. The fourth-order valence-electron chi connectivity index (χ4n) is 1.82. The molecule has 0 radical (unpaired) electrons. The first-order valence-corrected chi connectivity index (χ1v) is 6.48. The molecule has 0 aromatic carbocycles. The summed E-state index contributed by atoms with van der Waals surface area (Å²) in [5, 5.41) is 10.4. The van der Waals surface area contributed by atoms with E-state index in [0.717, 1.165) is 26.6 Å². The molecule has 6 nitrogen and oxygen atoms in total. The summed E-state index contributed by atoms with van der Waals surface area (Å²) in [5.41, 5.74) is 7.50. The zero-order valence-corrected chi connectivity index (χ0v) is 10.7. The van der Waals surface area contributed by atoms with E-state index in [-0.39, 0.29) is 12.5 Å². The van der Waals surface area contributed by atoms with E-state index in [0.29, 0.717) is 0 Å². The van der Waals surface area contributed by atoms with Crippen LogP contribution in [0.2, 0.25) is 0 Å². The minimum Gasteiger partial charge on any atom is -0.346 e. The van der Waals surface area contributed by atoms with Crippen LogP contribution in [-0.2, 0) is 0 Å². The predicted molar refractivity (Wildman–Crippen MR) is 72.2 cm³/mol. The molecule has 94 valence electrons. The summed E-state index contributed by atoms with van der Waals surface area (Å²) in [6.07, 6.45) is 5.34. The van der Waals surface area contributed by atoms with Crippen LogP contribution in [0.5, 0.6) is 0 Å². The van der Waals surface area contributed by atoms with Crippen molar-refractivity contribution in [3.05, 3.63) is 29.8 Å². The lowest BCUT2D eigenvalue weighted by molar-refractivity contribution is 0.740. The largest absolute Gasteiger partial charge is 0.346 e.